The molecule has 42 heavy (non-hydrogen) atoms. The van der Waals surface area contributed by atoms with Gasteiger partial charge in [0.2, 0.25) is 5.69 Å². The van der Waals surface area contributed by atoms with Crippen LogP contribution in [0.15, 0.2) is 72.3 Å². The number of anilines is 1. The fourth-order valence-electron chi connectivity index (χ4n) is 6.48. The molecule has 0 aromatic heterocycles. The second-order valence-corrected chi connectivity index (χ2v) is 12.2. The van der Waals surface area contributed by atoms with Gasteiger partial charge in [-0.05, 0) is 102 Å². The van der Waals surface area contributed by atoms with E-state index in [0.29, 0.717) is 12.3 Å². The first-order valence-corrected chi connectivity index (χ1v) is 15.3. The SMILES string of the molecule is C/C=C\C=C(/C)CC1(C)C(/C=C/c2ccc(N(C)CC)cc2)=[N+](CCC2CCC(O)CC2)c2ccc(C(F)(F)F)cc21. The lowest BCUT2D eigenvalue weighted by Crippen LogP contribution is -2.32. The Labute approximate surface area is 249 Å². The molecule has 3 nitrogen and oxygen atoms in total. The number of benzene rings is 2. The molecule has 2 aromatic rings. The average molecular weight is 580 g/mol. The van der Waals surface area contributed by atoms with Crippen molar-refractivity contribution in [3.63, 3.8) is 0 Å². The van der Waals surface area contributed by atoms with E-state index < -0.39 is 17.2 Å². The van der Waals surface area contributed by atoms with Crippen LogP contribution >= 0.6 is 0 Å². The Hall–Kier alpha value is -3.12. The Morgan fingerprint density at radius 3 is 2.38 bits per heavy atom. The second kappa shape index (κ2) is 13.5. The summed E-state index contributed by atoms with van der Waals surface area (Å²) < 4.78 is 44.1. The van der Waals surface area contributed by atoms with Crippen molar-refractivity contribution in [2.45, 2.75) is 83.9 Å². The standard InChI is InChI=1S/C36H46F3N2O/c1-6-8-9-26(3)25-35(4)32-24-29(36(37,38)39)15-20-33(32)41(23-22-28-12-18-31(42)19-13-28)34(35)21-14-27-10-16-30(17-11-27)40(5)7-2/h6,8-11,14-17,20-21,24,28,31,42H,7,12-13,18-19,22-23,25H2,1-5H3/q+1/b8-6-,26-9+. The highest BCUT2D eigenvalue weighted by Crippen LogP contribution is 2.47. The van der Waals surface area contributed by atoms with Crippen LogP contribution in [0.25, 0.3) is 6.08 Å². The number of fused-ring (bicyclic) bond motifs is 1. The molecule has 1 atom stereocenters. The zero-order valence-corrected chi connectivity index (χ0v) is 25.7. The van der Waals surface area contributed by atoms with Gasteiger partial charge in [-0.15, -0.1) is 0 Å². The van der Waals surface area contributed by atoms with Gasteiger partial charge in [-0.25, -0.2) is 0 Å². The van der Waals surface area contributed by atoms with E-state index in [0.717, 1.165) is 79.0 Å². The third kappa shape index (κ3) is 7.26. The van der Waals surface area contributed by atoms with E-state index in [1.54, 1.807) is 6.07 Å². The van der Waals surface area contributed by atoms with Crippen molar-refractivity contribution < 1.29 is 22.9 Å². The maximum Gasteiger partial charge on any atom is 0.416 e. The highest BCUT2D eigenvalue weighted by molar-refractivity contribution is 6.06. The fourth-order valence-corrected chi connectivity index (χ4v) is 6.48. The van der Waals surface area contributed by atoms with Gasteiger partial charge < -0.3 is 10.0 Å². The number of rotatable bonds is 10. The van der Waals surface area contributed by atoms with Crippen molar-refractivity contribution in [3.8, 4) is 0 Å². The minimum absolute atomic E-state index is 0.210. The largest absolute Gasteiger partial charge is 0.416 e. The highest BCUT2D eigenvalue weighted by Gasteiger charge is 2.49. The molecule has 0 bridgehead atoms. The fraction of sp³-hybridized carbons (Fsp3) is 0.472. The van der Waals surface area contributed by atoms with Gasteiger partial charge in [0.1, 0.15) is 6.54 Å². The van der Waals surface area contributed by atoms with Crippen LogP contribution in [0.1, 0.15) is 82.9 Å². The molecule has 1 aliphatic carbocycles. The van der Waals surface area contributed by atoms with Gasteiger partial charge in [-0.3, -0.25) is 0 Å². The zero-order valence-electron chi connectivity index (χ0n) is 25.7. The maximum absolute atomic E-state index is 14.0. The van der Waals surface area contributed by atoms with Crippen LogP contribution in [0.5, 0.6) is 0 Å². The van der Waals surface area contributed by atoms with Gasteiger partial charge in [-0.2, -0.15) is 17.7 Å². The first-order valence-electron chi connectivity index (χ1n) is 15.3. The van der Waals surface area contributed by atoms with Crippen LogP contribution in [0.4, 0.5) is 24.5 Å². The topological polar surface area (TPSA) is 26.5 Å². The summed E-state index contributed by atoms with van der Waals surface area (Å²) in [7, 11) is 2.06. The molecule has 226 valence electrons. The van der Waals surface area contributed by atoms with Crippen LogP contribution in [0.2, 0.25) is 0 Å². The van der Waals surface area contributed by atoms with Crippen LogP contribution in [0, 0.1) is 5.92 Å². The number of halogens is 3. The molecule has 4 rings (SSSR count). The molecule has 1 N–H and O–H groups in total. The summed E-state index contributed by atoms with van der Waals surface area (Å²) in [5.74, 6) is 0.503. The van der Waals surface area contributed by atoms with Crippen molar-refractivity contribution in [1.29, 1.82) is 0 Å². The molecule has 2 aliphatic rings. The van der Waals surface area contributed by atoms with Crippen molar-refractivity contribution in [2.24, 2.45) is 5.92 Å². The van der Waals surface area contributed by atoms with Gasteiger partial charge >= 0.3 is 6.18 Å². The summed E-state index contributed by atoms with van der Waals surface area (Å²) in [6.45, 7) is 9.87. The predicted molar refractivity (Wildman–Crippen MR) is 169 cm³/mol. The van der Waals surface area contributed by atoms with E-state index in [1.807, 2.05) is 19.1 Å². The van der Waals surface area contributed by atoms with Crippen LogP contribution in [0.3, 0.4) is 0 Å². The minimum Gasteiger partial charge on any atom is -0.393 e. The Morgan fingerprint density at radius 1 is 1.07 bits per heavy atom. The molecule has 1 fully saturated rings. The van der Waals surface area contributed by atoms with Gasteiger partial charge in [0.25, 0.3) is 0 Å². The van der Waals surface area contributed by atoms with Gasteiger partial charge in [0, 0.05) is 43.4 Å². The Morgan fingerprint density at radius 2 is 1.76 bits per heavy atom. The molecular formula is C36H46F3N2O+. The number of aliphatic hydroxyl groups is 1. The monoisotopic (exact) mass is 579 g/mol. The van der Waals surface area contributed by atoms with Crippen molar-refractivity contribution >= 4 is 23.2 Å². The van der Waals surface area contributed by atoms with Crippen LogP contribution in [-0.4, -0.2) is 41.6 Å². The lowest BCUT2D eigenvalue weighted by atomic mass is 9.74. The van der Waals surface area contributed by atoms with Crippen molar-refractivity contribution in [1.82, 2.24) is 0 Å². The molecule has 6 heteroatoms. The summed E-state index contributed by atoms with van der Waals surface area (Å²) in [5, 5.41) is 10.00. The van der Waals surface area contributed by atoms with E-state index >= 15 is 0 Å². The number of aliphatic hydroxyl groups excluding tert-OH is 1. The van der Waals surface area contributed by atoms with Crippen LogP contribution in [-0.2, 0) is 11.6 Å². The van der Waals surface area contributed by atoms with Crippen molar-refractivity contribution in [3.05, 3.63) is 89.0 Å². The molecule has 1 heterocycles. The summed E-state index contributed by atoms with van der Waals surface area (Å²) in [6.07, 6.45) is 10.8. The van der Waals surface area contributed by atoms with E-state index in [2.05, 4.69) is 79.8 Å². The van der Waals surface area contributed by atoms with E-state index in [1.165, 1.54) is 12.1 Å². The molecule has 1 aliphatic heterocycles. The number of alkyl halides is 3. The molecule has 0 saturated heterocycles. The number of hydrogen-bond donors (Lipinski definition) is 1. The van der Waals surface area contributed by atoms with E-state index in [9.17, 15) is 18.3 Å². The Balaban J connectivity index is 1.80. The molecule has 0 radical (unpaired) electrons. The molecule has 0 amide bonds. The molecule has 1 saturated carbocycles. The Kier molecular flexibility index (Phi) is 10.2. The maximum atomic E-state index is 14.0. The number of allylic oxidation sites excluding steroid dienone is 5. The second-order valence-electron chi connectivity index (χ2n) is 12.2. The minimum atomic E-state index is -4.41. The average Bonchev–Trinajstić information content (AvgIpc) is 3.20. The van der Waals surface area contributed by atoms with Crippen LogP contribution < -0.4 is 4.90 Å². The van der Waals surface area contributed by atoms with Crippen molar-refractivity contribution in [2.75, 3.05) is 25.0 Å². The smallest absolute Gasteiger partial charge is 0.393 e. The van der Waals surface area contributed by atoms with E-state index in [-0.39, 0.29) is 6.10 Å². The summed E-state index contributed by atoms with van der Waals surface area (Å²) in [6, 6.07) is 12.7. The van der Waals surface area contributed by atoms with E-state index in [4.69, 9.17) is 0 Å². The molecule has 2 aromatic carbocycles. The number of nitrogens with zero attached hydrogens (tertiary/aromatic N) is 2. The highest BCUT2D eigenvalue weighted by atomic mass is 19.4. The first kappa shape index (κ1) is 31.8. The quantitative estimate of drug-likeness (QED) is 0.224. The lowest BCUT2D eigenvalue weighted by molar-refractivity contribution is -0.440. The Bertz CT molecular complexity index is 1340. The summed E-state index contributed by atoms with van der Waals surface area (Å²) in [5.41, 5.74) is 4.67. The van der Waals surface area contributed by atoms with Gasteiger partial charge in [0.15, 0.2) is 5.71 Å². The molecular weight excluding hydrogens is 533 g/mol. The summed E-state index contributed by atoms with van der Waals surface area (Å²) in [4.78, 5) is 2.18. The molecule has 0 spiro atoms. The van der Waals surface area contributed by atoms with Gasteiger partial charge in [0.05, 0.1) is 17.1 Å². The third-order valence-corrected chi connectivity index (χ3v) is 9.09. The summed E-state index contributed by atoms with van der Waals surface area (Å²) >= 11 is 0. The zero-order chi connectivity index (χ0) is 30.5. The number of hydrogen-bond acceptors (Lipinski definition) is 2. The first-order chi connectivity index (χ1) is 20.0. The lowest BCUT2D eigenvalue weighted by Gasteiger charge is -2.25. The third-order valence-electron chi connectivity index (χ3n) is 9.09. The predicted octanol–water partition coefficient (Wildman–Crippen LogP) is 9.08. The normalized spacial score (nSPS) is 23.3. The van der Waals surface area contributed by atoms with Gasteiger partial charge in [-0.1, -0.05) is 35.9 Å². The molecule has 1 unspecified atom stereocenters.